The molecule has 6 heteroatoms. The van der Waals surface area contributed by atoms with Crippen LogP contribution in [0.15, 0.2) is 53.1 Å². The molecule has 1 aliphatic carbocycles. The highest BCUT2D eigenvalue weighted by molar-refractivity contribution is 6.06. The molecule has 0 amide bonds. The molecule has 3 aromatic rings. The van der Waals surface area contributed by atoms with E-state index in [9.17, 15) is 9.18 Å². The van der Waals surface area contributed by atoms with Gasteiger partial charge in [0.05, 0.1) is 0 Å². The summed E-state index contributed by atoms with van der Waals surface area (Å²) in [5, 5.41) is 3.90. The van der Waals surface area contributed by atoms with Crippen LogP contribution >= 0.6 is 0 Å². The summed E-state index contributed by atoms with van der Waals surface area (Å²) in [6, 6.07) is 14.6. The molecule has 1 fully saturated rings. The summed E-state index contributed by atoms with van der Waals surface area (Å²) in [7, 11) is 4.15. The lowest BCUT2D eigenvalue weighted by Gasteiger charge is -2.37. The molecule has 5 nitrogen and oxygen atoms in total. The first-order chi connectivity index (χ1) is 15.9. The third kappa shape index (κ3) is 5.74. The van der Waals surface area contributed by atoms with Crippen LogP contribution in [0.4, 0.5) is 4.39 Å². The van der Waals surface area contributed by atoms with Crippen molar-refractivity contribution in [2.75, 3.05) is 14.1 Å². The van der Waals surface area contributed by atoms with E-state index in [-0.39, 0.29) is 23.5 Å². The van der Waals surface area contributed by atoms with Crippen LogP contribution in [0.25, 0.3) is 0 Å². The van der Waals surface area contributed by atoms with Crippen LogP contribution in [0, 0.1) is 24.6 Å². The van der Waals surface area contributed by atoms with Crippen molar-refractivity contribution in [2.24, 2.45) is 11.8 Å². The van der Waals surface area contributed by atoms with Crippen molar-refractivity contribution in [3.8, 4) is 0 Å². The molecule has 1 heterocycles. The molecule has 4 rings (SSSR count). The molecule has 1 atom stereocenters. The highest BCUT2D eigenvalue weighted by Crippen LogP contribution is 2.40. The summed E-state index contributed by atoms with van der Waals surface area (Å²) in [5.74, 6) is 1.38. The van der Waals surface area contributed by atoms with Crippen molar-refractivity contribution in [2.45, 2.75) is 51.5 Å². The van der Waals surface area contributed by atoms with Gasteiger partial charge in [-0.05, 0) is 69.8 Å². The maximum Gasteiger partial charge on any atom is 0.243 e. The molecule has 33 heavy (non-hydrogen) atoms. The number of ketones is 1. The average molecular weight is 450 g/mol. The van der Waals surface area contributed by atoms with Gasteiger partial charge >= 0.3 is 0 Å². The lowest BCUT2D eigenvalue weighted by atomic mass is 9.75. The van der Waals surface area contributed by atoms with Gasteiger partial charge in [-0.25, -0.2) is 4.39 Å². The van der Waals surface area contributed by atoms with Crippen molar-refractivity contribution >= 4 is 5.78 Å². The van der Waals surface area contributed by atoms with E-state index in [4.69, 9.17) is 4.52 Å². The zero-order valence-corrected chi connectivity index (χ0v) is 19.6. The Morgan fingerprint density at radius 3 is 2.52 bits per heavy atom. The van der Waals surface area contributed by atoms with Crippen LogP contribution in [-0.2, 0) is 6.42 Å². The minimum absolute atomic E-state index is 0.126. The van der Waals surface area contributed by atoms with Gasteiger partial charge < -0.3 is 9.42 Å². The first kappa shape index (κ1) is 23.3. The van der Waals surface area contributed by atoms with E-state index in [2.05, 4.69) is 29.1 Å². The molecule has 1 saturated carbocycles. The minimum Gasteiger partial charge on any atom is -0.339 e. The molecule has 174 valence electrons. The minimum atomic E-state index is -0.211. The van der Waals surface area contributed by atoms with Crippen LogP contribution in [0.5, 0.6) is 0 Å². The third-order valence-corrected chi connectivity index (χ3v) is 6.84. The molecule has 1 aliphatic rings. The van der Waals surface area contributed by atoms with Gasteiger partial charge in [-0.1, -0.05) is 60.0 Å². The number of aryl methyl sites for hydroxylation is 2. The van der Waals surface area contributed by atoms with Crippen molar-refractivity contribution in [1.29, 1.82) is 0 Å². The fourth-order valence-corrected chi connectivity index (χ4v) is 5.09. The predicted octanol–water partition coefficient (Wildman–Crippen LogP) is 5.79. The molecule has 1 unspecified atom stereocenters. The molecule has 0 radical (unpaired) electrons. The highest BCUT2D eigenvalue weighted by atomic mass is 19.1. The number of hydrogen-bond donors (Lipinski definition) is 0. The number of carbonyl (C=O) groups excluding carboxylic acids is 1. The highest BCUT2D eigenvalue weighted by Gasteiger charge is 2.30. The first-order valence-corrected chi connectivity index (χ1v) is 11.8. The molecular formula is C27H32FN3O2. The maximum absolute atomic E-state index is 13.8. The Hall–Kier alpha value is -2.86. The van der Waals surface area contributed by atoms with E-state index in [1.807, 2.05) is 25.1 Å². The molecule has 0 spiro atoms. The Bertz CT molecular complexity index is 1070. The number of carbonyl (C=O) groups is 1. The van der Waals surface area contributed by atoms with E-state index < -0.39 is 0 Å². The fraction of sp³-hybridized carbons (Fsp3) is 0.444. The quantitative estimate of drug-likeness (QED) is 0.407. The second kappa shape index (κ2) is 10.4. The third-order valence-electron chi connectivity index (χ3n) is 6.84. The number of hydrogen-bond acceptors (Lipinski definition) is 5. The van der Waals surface area contributed by atoms with Gasteiger partial charge in [0, 0.05) is 18.0 Å². The molecule has 0 bridgehead atoms. The van der Waals surface area contributed by atoms with Crippen molar-refractivity contribution < 1.29 is 13.7 Å². The van der Waals surface area contributed by atoms with Crippen LogP contribution < -0.4 is 0 Å². The number of benzene rings is 2. The SMILES string of the molecule is Cc1ccc(C(=O)c2noc(CCC3CCC(C(c4cccc(F)c4)N(C)C)CC3)n2)cc1. The summed E-state index contributed by atoms with van der Waals surface area (Å²) in [4.78, 5) is 19.1. The van der Waals surface area contributed by atoms with Gasteiger partial charge in [0.15, 0.2) is 0 Å². The van der Waals surface area contributed by atoms with Gasteiger partial charge in [-0.2, -0.15) is 4.98 Å². The average Bonchev–Trinajstić information content (AvgIpc) is 3.28. The van der Waals surface area contributed by atoms with Gasteiger partial charge in [-0.3, -0.25) is 4.79 Å². The number of nitrogens with zero attached hydrogens (tertiary/aromatic N) is 3. The molecule has 0 N–H and O–H groups in total. The summed E-state index contributed by atoms with van der Waals surface area (Å²) >= 11 is 0. The van der Waals surface area contributed by atoms with Crippen LogP contribution in [0.2, 0.25) is 0 Å². The first-order valence-electron chi connectivity index (χ1n) is 11.8. The monoisotopic (exact) mass is 449 g/mol. The smallest absolute Gasteiger partial charge is 0.243 e. The predicted molar refractivity (Wildman–Crippen MR) is 126 cm³/mol. The van der Waals surface area contributed by atoms with Gasteiger partial charge in [-0.15, -0.1) is 0 Å². The largest absolute Gasteiger partial charge is 0.339 e. The number of rotatable bonds is 8. The van der Waals surface area contributed by atoms with E-state index in [1.165, 1.54) is 6.07 Å². The van der Waals surface area contributed by atoms with Gasteiger partial charge in [0.25, 0.3) is 0 Å². The van der Waals surface area contributed by atoms with Crippen molar-refractivity contribution in [3.63, 3.8) is 0 Å². The van der Waals surface area contributed by atoms with Gasteiger partial charge in [0.2, 0.25) is 17.5 Å². The summed E-state index contributed by atoms with van der Waals surface area (Å²) in [6.45, 7) is 1.98. The van der Waals surface area contributed by atoms with E-state index in [1.54, 1.807) is 24.3 Å². The second-order valence-electron chi connectivity index (χ2n) is 9.49. The standard InChI is InChI=1S/C27H32FN3O2/c1-18-7-12-21(13-8-18)26(32)27-29-24(33-30-27)16-11-19-9-14-20(15-10-19)25(31(2)3)22-5-4-6-23(28)17-22/h4-8,12-13,17,19-20,25H,9-11,14-16H2,1-3H3. The van der Waals surface area contributed by atoms with Crippen molar-refractivity contribution in [3.05, 3.63) is 82.8 Å². The Kier molecular flexibility index (Phi) is 7.33. The molecule has 2 aromatic carbocycles. The zero-order chi connectivity index (χ0) is 23.4. The Morgan fingerprint density at radius 1 is 1.12 bits per heavy atom. The lowest BCUT2D eigenvalue weighted by molar-refractivity contribution is 0.102. The molecule has 0 saturated heterocycles. The lowest BCUT2D eigenvalue weighted by Crippen LogP contribution is -2.30. The van der Waals surface area contributed by atoms with Crippen LogP contribution in [0.3, 0.4) is 0 Å². The van der Waals surface area contributed by atoms with Gasteiger partial charge in [0.1, 0.15) is 5.82 Å². The fourth-order valence-electron chi connectivity index (χ4n) is 5.09. The number of halogens is 1. The Balaban J connectivity index is 1.30. The Morgan fingerprint density at radius 2 is 1.85 bits per heavy atom. The normalized spacial score (nSPS) is 19.5. The van der Waals surface area contributed by atoms with Crippen LogP contribution in [0.1, 0.15) is 71.3 Å². The van der Waals surface area contributed by atoms with E-state index in [0.29, 0.717) is 29.7 Å². The molecular weight excluding hydrogens is 417 g/mol. The number of aromatic nitrogens is 2. The Labute approximate surface area is 195 Å². The van der Waals surface area contributed by atoms with Crippen LogP contribution in [-0.4, -0.2) is 34.9 Å². The summed E-state index contributed by atoms with van der Waals surface area (Å²) in [5.41, 5.74) is 2.73. The molecule has 0 aliphatic heterocycles. The van der Waals surface area contributed by atoms with E-state index in [0.717, 1.165) is 43.2 Å². The van der Waals surface area contributed by atoms with Crippen molar-refractivity contribution in [1.82, 2.24) is 15.0 Å². The zero-order valence-electron chi connectivity index (χ0n) is 19.6. The van der Waals surface area contributed by atoms with E-state index >= 15 is 0 Å². The molecule has 1 aromatic heterocycles. The summed E-state index contributed by atoms with van der Waals surface area (Å²) < 4.78 is 19.1. The topological polar surface area (TPSA) is 59.2 Å². The maximum atomic E-state index is 13.8. The second-order valence-corrected chi connectivity index (χ2v) is 9.49. The summed E-state index contributed by atoms with van der Waals surface area (Å²) in [6.07, 6.45) is 6.15.